The molecule has 0 aliphatic carbocycles. The molecule has 1 N–H and O–H groups in total. The van der Waals surface area contributed by atoms with Gasteiger partial charge in [0.2, 0.25) is 11.8 Å². The van der Waals surface area contributed by atoms with Crippen molar-refractivity contribution in [2.75, 3.05) is 44.3 Å². The molecule has 2 aromatic rings. The molecule has 0 saturated carbocycles. The van der Waals surface area contributed by atoms with Crippen LogP contribution >= 0.6 is 0 Å². The molecule has 1 aromatic heterocycles. The van der Waals surface area contributed by atoms with Crippen molar-refractivity contribution in [3.63, 3.8) is 0 Å². The van der Waals surface area contributed by atoms with E-state index in [-0.39, 0.29) is 11.8 Å². The molecule has 30 heavy (non-hydrogen) atoms. The first-order valence-electron chi connectivity index (χ1n) is 10.2. The minimum absolute atomic E-state index is 0.121. The van der Waals surface area contributed by atoms with Crippen molar-refractivity contribution in [1.82, 2.24) is 20.2 Å². The van der Waals surface area contributed by atoms with Crippen molar-refractivity contribution in [3.05, 3.63) is 40.8 Å². The summed E-state index contributed by atoms with van der Waals surface area (Å²) in [6.45, 7) is 7.74. The number of carbonyl (C=O) groups excluding carboxylic acids is 1. The molecule has 0 atom stereocenters. The van der Waals surface area contributed by atoms with Gasteiger partial charge in [0.1, 0.15) is 11.6 Å². The molecule has 0 unspecified atom stereocenters. The number of fused-ring (bicyclic) bond motifs is 1. The number of urea groups is 1. The van der Waals surface area contributed by atoms with Gasteiger partial charge < -0.3 is 24.6 Å². The summed E-state index contributed by atoms with van der Waals surface area (Å²) in [6, 6.07) is 4.48. The molecule has 2 aliphatic heterocycles. The Morgan fingerprint density at radius 1 is 1.27 bits per heavy atom. The highest BCUT2D eigenvalue weighted by Gasteiger charge is 2.28. The summed E-state index contributed by atoms with van der Waals surface area (Å²) in [4.78, 5) is 25.6. The van der Waals surface area contributed by atoms with Gasteiger partial charge in [-0.2, -0.15) is 4.98 Å². The summed E-state index contributed by atoms with van der Waals surface area (Å²) in [5, 5.41) is 2.83. The number of aryl methyl sites for hydroxylation is 1. The second-order valence-electron chi connectivity index (χ2n) is 7.37. The number of hydrogen-bond acceptors (Lipinski definition) is 6. The van der Waals surface area contributed by atoms with Crippen LogP contribution in [0.15, 0.2) is 18.2 Å². The number of halogens is 1. The van der Waals surface area contributed by atoms with Gasteiger partial charge in [0.05, 0.1) is 31.0 Å². The summed E-state index contributed by atoms with van der Waals surface area (Å²) < 4.78 is 25.2. The predicted octanol–water partition coefficient (Wildman–Crippen LogP) is 2.64. The van der Waals surface area contributed by atoms with Gasteiger partial charge in [0, 0.05) is 32.6 Å². The van der Waals surface area contributed by atoms with Crippen LogP contribution in [-0.2, 0) is 17.7 Å². The topological polar surface area (TPSA) is 79.8 Å². The summed E-state index contributed by atoms with van der Waals surface area (Å²) in [5.74, 6) is 1.21. The molecule has 2 amide bonds. The van der Waals surface area contributed by atoms with E-state index in [1.807, 2.05) is 6.92 Å². The number of hydrogen-bond donors (Lipinski definition) is 1. The third-order valence-electron chi connectivity index (χ3n) is 5.26. The molecule has 9 heteroatoms. The first-order chi connectivity index (χ1) is 14.5. The van der Waals surface area contributed by atoms with Gasteiger partial charge in [-0.05, 0) is 37.6 Å². The van der Waals surface area contributed by atoms with Crippen LogP contribution in [-0.4, -0.2) is 60.3 Å². The number of nitrogens with zero attached hydrogens (tertiary/aromatic N) is 4. The fraction of sp³-hybridized carbons (Fsp3) is 0.476. The van der Waals surface area contributed by atoms with Crippen LogP contribution < -0.4 is 15.0 Å². The molecule has 160 valence electrons. The van der Waals surface area contributed by atoms with Crippen LogP contribution in [0.5, 0.6) is 11.6 Å². The van der Waals surface area contributed by atoms with Crippen molar-refractivity contribution < 1.29 is 18.7 Å². The van der Waals surface area contributed by atoms with E-state index in [9.17, 15) is 9.18 Å². The van der Waals surface area contributed by atoms with Gasteiger partial charge in [-0.25, -0.2) is 14.2 Å². The Morgan fingerprint density at radius 3 is 2.80 bits per heavy atom. The van der Waals surface area contributed by atoms with Crippen LogP contribution in [0.2, 0.25) is 0 Å². The van der Waals surface area contributed by atoms with E-state index in [1.54, 1.807) is 24.0 Å². The van der Waals surface area contributed by atoms with E-state index in [2.05, 4.69) is 15.2 Å². The Balaban J connectivity index is 1.69. The lowest BCUT2D eigenvalue weighted by atomic mass is 10.1. The normalized spacial score (nSPS) is 16.2. The molecule has 1 fully saturated rings. The van der Waals surface area contributed by atoms with Crippen LogP contribution in [0.1, 0.15) is 23.7 Å². The maximum Gasteiger partial charge on any atom is 0.317 e. The highest BCUT2D eigenvalue weighted by molar-refractivity contribution is 5.74. The van der Waals surface area contributed by atoms with Gasteiger partial charge in [-0.1, -0.05) is 0 Å². The number of morpholine rings is 1. The van der Waals surface area contributed by atoms with Crippen LogP contribution in [0.4, 0.5) is 15.1 Å². The van der Waals surface area contributed by atoms with Crippen LogP contribution in [0, 0.1) is 12.7 Å². The van der Waals surface area contributed by atoms with Crippen molar-refractivity contribution in [2.45, 2.75) is 26.8 Å². The van der Waals surface area contributed by atoms with E-state index in [0.29, 0.717) is 75.5 Å². The summed E-state index contributed by atoms with van der Waals surface area (Å²) >= 11 is 0. The third-order valence-corrected chi connectivity index (χ3v) is 5.26. The Morgan fingerprint density at radius 2 is 2.07 bits per heavy atom. The molecular formula is C21H26FN5O3. The molecule has 4 rings (SSSR count). The molecule has 8 nitrogen and oxygen atoms in total. The summed E-state index contributed by atoms with van der Waals surface area (Å²) in [6.07, 6.45) is 0.616. The second-order valence-corrected chi connectivity index (χ2v) is 7.37. The van der Waals surface area contributed by atoms with Crippen molar-refractivity contribution in [3.8, 4) is 11.6 Å². The first kappa shape index (κ1) is 20.3. The zero-order valence-corrected chi connectivity index (χ0v) is 17.3. The highest BCUT2D eigenvalue weighted by atomic mass is 19.1. The Bertz CT molecular complexity index is 933. The Kier molecular flexibility index (Phi) is 5.98. The molecular weight excluding hydrogens is 389 g/mol. The minimum Gasteiger partial charge on any atom is -0.438 e. The van der Waals surface area contributed by atoms with Crippen LogP contribution in [0.3, 0.4) is 0 Å². The van der Waals surface area contributed by atoms with E-state index in [0.717, 1.165) is 11.3 Å². The molecule has 1 saturated heterocycles. The first-order valence-corrected chi connectivity index (χ1v) is 10.2. The zero-order valence-electron chi connectivity index (χ0n) is 17.3. The van der Waals surface area contributed by atoms with Gasteiger partial charge in [-0.15, -0.1) is 0 Å². The standard InChI is InChI=1S/C21H26FN5O3/c1-3-23-21(28)27-7-6-18-16(13-27)19(30-15-4-5-17(22)14(2)12-15)25-20(24-18)26-8-10-29-11-9-26/h4-5,12H,3,6-11,13H2,1-2H3,(H,23,28). The van der Waals surface area contributed by atoms with Crippen LogP contribution in [0.25, 0.3) is 0 Å². The maximum absolute atomic E-state index is 13.7. The predicted molar refractivity (Wildman–Crippen MR) is 109 cm³/mol. The number of amides is 2. The lowest BCUT2D eigenvalue weighted by Gasteiger charge is -2.31. The SMILES string of the molecule is CCNC(=O)N1CCc2nc(N3CCOCC3)nc(Oc3ccc(F)c(C)c3)c2C1. The van der Waals surface area contributed by atoms with Crippen molar-refractivity contribution in [2.24, 2.45) is 0 Å². The number of benzene rings is 1. The number of rotatable bonds is 4. The van der Waals surface area contributed by atoms with Crippen molar-refractivity contribution >= 4 is 12.0 Å². The highest BCUT2D eigenvalue weighted by Crippen LogP contribution is 2.32. The fourth-order valence-electron chi connectivity index (χ4n) is 3.59. The second kappa shape index (κ2) is 8.83. The molecule has 3 heterocycles. The monoisotopic (exact) mass is 415 g/mol. The molecule has 0 spiro atoms. The number of ether oxygens (including phenoxy) is 2. The minimum atomic E-state index is -0.288. The average Bonchev–Trinajstić information content (AvgIpc) is 2.76. The lowest BCUT2D eigenvalue weighted by Crippen LogP contribution is -2.43. The molecule has 1 aromatic carbocycles. The average molecular weight is 415 g/mol. The van der Waals surface area contributed by atoms with Crippen molar-refractivity contribution in [1.29, 1.82) is 0 Å². The number of nitrogens with one attached hydrogen (secondary N) is 1. The van der Waals surface area contributed by atoms with Gasteiger partial charge in [0.25, 0.3) is 0 Å². The zero-order chi connectivity index (χ0) is 21.1. The Hall–Kier alpha value is -2.94. The maximum atomic E-state index is 13.7. The van der Waals surface area contributed by atoms with Gasteiger partial charge in [0.15, 0.2) is 0 Å². The molecule has 0 bridgehead atoms. The fourth-order valence-corrected chi connectivity index (χ4v) is 3.59. The van der Waals surface area contributed by atoms with Gasteiger partial charge >= 0.3 is 6.03 Å². The van der Waals surface area contributed by atoms with E-state index in [4.69, 9.17) is 14.5 Å². The quantitative estimate of drug-likeness (QED) is 0.827. The van der Waals surface area contributed by atoms with E-state index in [1.165, 1.54) is 6.07 Å². The smallest absolute Gasteiger partial charge is 0.317 e. The molecule has 2 aliphatic rings. The number of carbonyl (C=O) groups is 1. The number of aromatic nitrogens is 2. The van der Waals surface area contributed by atoms with Gasteiger partial charge in [-0.3, -0.25) is 0 Å². The summed E-state index contributed by atoms with van der Waals surface area (Å²) in [7, 11) is 0. The lowest BCUT2D eigenvalue weighted by molar-refractivity contribution is 0.122. The molecule has 0 radical (unpaired) electrons. The largest absolute Gasteiger partial charge is 0.438 e. The van der Waals surface area contributed by atoms with E-state index >= 15 is 0 Å². The third kappa shape index (κ3) is 4.30. The van der Waals surface area contributed by atoms with E-state index < -0.39 is 0 Å². The Labute approximate surface area is 175 Å². The summed E-state index contributed by atoms with van der Waals surface area (Å²) in [5.41, 5.74) is 2.15. The number of anilines is 1.